The van der Waals surface area contributed by atoms with E-state index in [0.29, 0.717) is 31.0 Å². The number of nitrogens with zero attached hydrogens (tertiary/aromatic N) is 2. The van der Waals surface area contributed by atoms with E-state index in [2.05, 4.69) is 0 Å². The van der Waals surface area contributed by atoms with Crippen molar-refractivity contribution in [2.45, 2.75) is 30.3 Å². The van der Waals surface area contributed by atoms with E-state index in [4.69, 9.17) is 14.6 Å². The van der Waals surface area contributed by atoms with Gasteiger partial charge in [-0.3, -0.25) is 9.59 Å². The van der Waals surface area contributed by atoms with Crippen LogP contribution < -0.4 is 9.64 Å². The molecular formula is C23H26N2O7S. The van der Waals surface area contributed by atoms with Gasteiger partial charge in [-0.05, 0) is 48.7 Å². The largest absolute Gasteiger partial charge is 0.491 e. The molecule has 1 amide bonds. The topological polar surface area (TPSA) is 113 Å². The minimum Gasteiger partial charge on any atom is -0.491 e. The lowest BCUT2D eigenvalue weighted by molar-refractivity contribution is -0.114. The maximum Gasteiger partial charge on any atom is 0.299 e. The second-order valence-electron chi connectivity index (χ2n) is 7.98. The lowest BCUT2D eigenvalue weighted by atomic mass is 10.1. The smallest absolute Gasteiger partial charge is 0.299 e. The number of aliphatic hydroxyl groups excluding tert-OH is 1. The quantitative estimate of drug-likeness (QED) is 0.549. The molecule has 2 aromatic rings. The zero-order valence-corrected chi connectivity index (χ0v) is 19.1. The number of Topliss-reactive ketones (excluding diaryl/α,β-unsaturated/α-hetero) is 1. The first-order valence-corrected chi connectivity index (χ1v) is 12.1. The minimum absolute atomic E-state index is 0.00219. The molecule has 0 radical (unpaired) electrons. The highest BCUT2D eigenvalue weighted by molar-refractivity contribution is 7.89. The van der Waals surface area contributed by atoms with Crippen LogP contribution in [0.5, 0.6) is 5.75 Å². The molecule has 176 valence electrons. The third-order valence-electron chi connectivity index (χ3n) is 5.86. The summed E-state index contributed by atoms with van der Waals surface area (Å²) >= 11 is 0. The van der Waals surface area contributed by atoms with Crippen LogP contribution >= 0.6 is 0 Å². The maximum absolute atomic E-state index is 13.2. The van der Waals surface area contributed by atoms with E-state index in [9.17, 15) is 18.0 Å². The highest BCUT2D eigenvalue weighted by Crippen LogP contribution is 2.34. The van der Waals surface area contributed by atoms with Crippen molar-refractivity contribution < 1.29 is 32.6 Å². The van der Waals surface area contributed by atoms with Gasteiger partial charge in [-0.25, -0.2) is 8.42 Å². The number of sulfonamides is 1. The van der Waals surface area contributed by atoms with Gasteiger partial charge in [-0.15, -0.1) is 0 Å². The van der Waals surface area contributed by atoms with Crippen LogP contribution in [0.3, 0.4) is 0 Å². The normalized spacial score (nSPS) is 18.7. The molecule has 1 saturated heterocycles. The molecule has 4 rings (SSSR count). The van der Waals surface area contributed by atoms with Crippen LogP contribution in [0.15, 0.2) is 47.4 Å². The van der Waals surface area contributed by atoms with E-state index < -0.39 is 21.7 Å². The Morgan fingerprint density at radius 1 is 1.12 bits per heavy atom. The molecule has 0 unspecified atom stereocenters. The molecule has 1 atom stereocenters. The van der Waals surface area contributed by atoms with E-state index in [-0.39, 0.29) is 36.3 Å². The summed E-state index contributed by atoms with van der Waals surface area (Å²) in [6.07, 6.45) is 1.46. The molecule has 9 nitrogen and oxygen atoms in total. The van der Waals surface area contributed by atoms with E-state index in [0.717, 1.165) is 12.0 Å². The number of rotatable bonds is 9. The fourth-order valence-electron chi connectivity index (χ4n) is 4.25. The summed E-state index contributed by atoms with van der Waals surface area (Å²) in [4.78, 5) is 26.7. The summed E-state index contributed by atoms with van der Waals surface area (Å²) in [5.41, 5.74) is 1.25. The molecular weight excluding hydrogens is 448 g/mol. The van der Waals surface area contributed by atoms with Crippen LogP contribution in [0.1, 0.15) is 28.8 Å². The number of carbonyl (C=O) groups is 2. The number of ketones is 1. The van der Waals surface area contributed by atoms with Gasteiger partial charge < -0.3 is 19.5 Å². The number of ether oxygens (including phenoxy) is 2. The second kappa shape index (κ2) is 9.60. The Balaban J connectivity index is 1.58. The molecule has 1 N–H and O–H groups in total. The van der Waals surface area contributed by atoms with Crippen molar-refractivity contribution in [3.63, 3.8) is 0 Å². The van der Waals surface area contributed by atoms with Gasteiger partial charge in [0, 0.05) is 19.7 Å². The lowest BCUT2D eigenvalue weighted by Gasteiger charge is -2.24. The summed E-state index contributed by atoms with van der Waals surface area (Å²) in [5, 5.41) is 8.84. The van der Waals surface area contributed by atoms with Gasteiger partial charge in [0.1, 0.15) is 12.4 Å². The van der Waals surface area contributed by atoms with Crippen LogP contribution in [0.4, 0.5) is 5.69 Å². The Labute approximate surface area is 192 Å². The molecule has 0 saturated carbocycles. The Morgan fingerprint density at radius 2 is 1.88 bits per heavy atom. The minimum atomic E-state index is -3.82. The fourth-order valence-corrected chi connectivity index (χ4v) is 5.96. The Bertz CT molecular complexity index is 1150. The molecule has 10 heteroatoms. The molecule has 2 aliphatic heterocycles. The number of anilines is 1. The zero-order valence-electron chi connectivity index (χ0n) is 18.3. The number of amides is 1. The molecule has 0 aliphatic carbocycles. The number of methoxy groups -OCH3 is 1. The summed E-state index contributed by atoms with van der Waals surface area (Å²) in [7, 11) is -2.29. The maximum atomic E-state index is 13.2. The summed E-state index contributed by atoms with van der Waals surface area (Å²) in [6.45, 7) is 0.946. The van der Waals surface area contributed by atoms with Crippen LogP contribution in [-0.2, 0) is 26.1 Å². The first-order valence-electron chi connectivity index (χ1n) is 10.7. The van der Waals surface area contributed by atoms with Crippen molar-refractivity contribution in [1.29, 1.82) is 0 Å². The van der Waals surface area contributed by atoms with Crippen LogP contribution in [0, 0.1) is 0 Å². The number of carbonyl (C=O) groups excluding carboxylic acids is 2. The van der Waals surface area contributed by atoms with E-state index >= 15 is 0 Å². The molecule has 1 fully saturated rings. The summed E-state index contributed by atoms with van der Waals surface area (Å²) < 4.78 is 38.3. The molecule has 33 heavy (non-hydrogen) atoms. The Morgan fingerprint density at radius 3 is 2.58 bits per heavy atom. The van der Waals surface area contributed by atoms with Gasteiger partial charge in [0.15, 0.2) is 0 Å². The predicted molar refractivity (Wildman–Crippen MR) is 120 cm³/mol. The lowest BCUT2D eigenvalue weighted by Crippen LogP contribution is -2.38. The highest BCUT2D eigenvalue weighted by atomic mass is 32.2. The van der Waals surface area contributed by atoms with Gasteiger partial charge in [-0.2, -0.15) is 4.31 Å². The third-order valence-corrected chi connectivity index (χ3v) is 7.80. The van der Waals surface area contributed by atoms with E-state index in [1.54, 1.807) is 24.3 Å². The Kier molecular flexibility index (Phi) is 6.80. The first-order chi connectivity index (χ1) is 15.9. The number of aliphatic hydroxyl groups is 1. The van der Waals surface area contributed by atoms with E-state index in [1.165, 1.54) is 34.5 Å². The highest BCUT2D eigenvalue weighted by Gasteiger charge is 2.39. The fraction of sp³-hybridized carbons (Fsp3) is 0.391. The molecule has 0 bridgehead atoms. The molecule has 2 heterocycles. The number of hydrogen-bond acceptors (Lipinski definition) is 7. The van der Waals surface area contributed by atoms with Crippen molar-refractivity contribution in [1.82, 2.24) is 4.31 Å². The molecule has 2 aromatic carbocycles. The first kappa shape index (κ1) is 23.4. The third kappa shape index (κ3) is 4.51. The van der Waals surface area contributed by atoms with Gasteiger partial charge >= 0.3 is 0 Å². The van der Waals surface area contributed by atoms with Gasteiger partial charge in [0.2, 0.25) is 10.0 Å². The second-order valence-corrected chi connectivity index (χ2v) is 9.87. The molecule has 0 spiro atoms. The SMILES string of the molecule is COC[C@@H]1CCCN1S(=O)(=O)c1ccc2c(c1)C(=O)C(=O)N2Cc1ccc(OCCO)cc1. The Hall–Kier alpha value is -2.79. The summed E-state index contributed by atoms with van der Waals surface area (Å²) in [6, 6.07) is 11.0. The average molecular weight is 475 g/mol. The van der Waals surface area contributed by atoms with Crippen LogP contribution in [0.2, 0.25) is 0 Å². The van der Waals surface area contributed by atoms with Gasteiger partial charge in [0.05, 0.1) is 35.9 Å². The van der Waals surface area contributed by atoms with Gasteiger partial charge in [-0.1, -0.05) is 12.1 Å². The van der Waals surface area contributed by atoms with Crippen molar-refractivity contribution in [2.24, 2.45) is 0 Å². The van der Waals surface area contributed by atoms with Crippen LogP contribution in [-0.4, -0.2) is 69.0 Å². The standard InChI is InChI=1S/C23H26N2O7S/c1-31-15-17-3-2-10-25(17)33(29,30)19-8-9-21-20(13-19)22(27)23(28)24(21)14-16-4-6-18(7-5-16)32-12-11-26/h4-9,13,17,26H,2-3,10-12,14-15H2,1H3/t17-/m0/s1. The number of hydrogen-bond donors (Lipinski definition) is 1. The zero-order chi connectivity index (χ0) is 23.6. The van der Waals surface area contributed by atoms with Crippen LogP contribution in [0.25, 0.3) is 0 Å². The van der Waals surface area contributed by atoms with Crippen molar-refractivity contribution >= 4 is 27.4 Å². The predicted octanol–water partition coefficient (Wildman–Crippen LogP) is 1.59. The van der Waals surface area contributed by atoms with E-state index in [1.807, 2.05) is 0 Å². The monoisotopic (exact) mass is 474 g/mol. The van der Waals surface area contributed by atoms with Crippen molar-refractivity contribution in [3.8, 4) is 5.75 Å². The van der Waals surface area contributed by atoms with Gasteiger partial charge in [0.25, 0.3) is 11.7 Å². The average Bonchev–Trinajstić information content (AvgIpc) is 3.38. The number of fused-ring (bicyclic) bond motifs is 1. The molecule has 2 aliphatic rings. The molecule has 0 aromatic heterocycles. The van der Waals surface area contributed by atoms with Crippen molar-refractivity contribution in [3.05, 3.63) is 53.6 Å². The number of benzene rings is 2. The van der Waals surface area contributed by atoms with Crippen molar-refractivity contribution in [2.75, 3.05) is 38.4 Å². The summed E-state index contributed by atoms with van der Waals surface area (Å²) in [5.74, 6) is -0.834.